The fourth-order valence-corrected chi connectivity index (χ4v) is 1.31. The van der Waals surface area contributed by atoms with E-state index in [0.29, 0.717) is 18.0 Å². The number of nitro benzene ring substituents is 1. The SMILES string of the molecule is CC(C)CCC(=O)Nc1ccc([N+](=O)[O-])cc1. The van der Waals surface area contributed by atoms with E-state index in [2.05, 4.69) is 19.2 Å². The summed E-state index contributed by atoms with van der Waals surface area (Å²) in [4.78, 5) is 21.5. The second-order valence-corrected chi connectivity index (χ2v) is 4.28. The summed E-state index contributed by atoms with van der Waals surface area (Å²) in [5.74, 6) is 0.421. The van der Waals surface area contributed by atoms with E-state index < -0.39 is 4.92 Å². The van der Waals surface area contributed by atoms with Crippen molar-refractivity contribution in [3.63, 3.8) is 0 Å². The number of nitro groups is 1. The molecule has 0 unspecified atom stereocenters. The standard InChI is InChI=1S/C12H16N2O3/c1-9(2)3-8-12(15)13-10-4-6-11(7-5-10)14(16)17/h4-7,9H,3,8H2,1-2H3,(H,13,15). The number of non-ortho nitro benzene ring substituents is 1. The van der Waals surface area contributed by atoms with E-state index in [1.54, 1.807) is 0 Å². The van der Waals surface area contributed by atoms with Gasteiger partial charge in [-0.2, -0.15) is 0 Å². The quantitative estimate of drug-likeness (QED) is 0.631. The normalized spacial score (nSPS) is 10.3. The highest BCUT2D eigenvalue weighted by Crippen LogP contribution is 2.16. The molecular formula is C12H16N2O3. The number of anilines is 1. The topological polar surface area (TPSA) is 72.2 Å². The van der Waals surface area contributed by atoms with Crippen LogP contribution in [0.4, 0.5) is 11.4 Å². The largest absolute Gasteiger partial charge is 0.326 e. The van der Waals surface area contributed by atoms with Crippen LogP contribution < -0.4 is 5.32 Å². The van der Waals surface area contributed by atoms with Crippen molar-refractivity contribution in [1.82, 2.24) is 0 Å². The number of carbonyl (C=O) groups excluding carboxylic acids is 1. The van der Waals surface area contributed by atoms with E-state index in [-0.39, 0.29) is 11.6 Å². The molecule has 1 N–H and O–H groups in total. The van der Waals surface area contributed by atoms with Gasteiger partial charge < -0.3 is 5.32 Å². The molecule has 1 aromatic carbocycles. The van der Waals surface area contributed by atoms with Crippen molar-refractivity contribution < 1.29 is 9.72 Å². The number of hydrogen-bond acceptors (Lipinski definition) is 3. The maximum atomic E-state index is 11.5. The molecule has 0 aliphatic rings. The molecule has 0 saturated carbocycles. The zero-order chi connectivity index (χ0) is 12.8. The van der Waals surface area contributed by atoms with Crippen LogP contribution in [0, 0.1) is 16.0 Å². The Hall–Kier alpha value is -1.91. The lowest BCUT2D eigenvalue weighted by molar-refractivity contribution is -0.384. The lowest BCUT2D eigenvalue weighted by atomic mass is 10.1. The summed E-state index contributed by atoms with van der Waals surface area (Å²) in [6.07, 6.45) is 1.30. The Labute approximate surface area is 100.0 Å². The first-order chi connectivity index (χ1) is 7.99. The van der Waals surface area contributed by atoms with Crippen LogP contribution in [-0.2, 0) is 4.79 Å². The smallest absolute Gasteiger partial charge is 0.269 e. The van der Waals surface area contributed by atoms with Gasteiger partial charge in [-0.25, -0.2) is 0 Å². The maximum absolute atomic E-state index is 11.5. The molecule has 0 aromatic heterocycles. The Morgan fingerprint density at radius 1 is 1.35 bits per heavy atom. The predicted octanol–water partition coefficient (Wildman–Crippen LogP) is 2.97. The minimum absolute atomic E-state index is 0.0187. The number of carbonyl (C=O) groups is 1. The monoisotopic (exact) mass is 236 g/mol. The number of nitrogens with one attached hydrogen (secondary N) is 1. The van der Waals surface area contributed by atoms with Crippen LogP contribution in [0.1, 0.15) is 26.7 Å². The van der Waals surface area contributed by atoms with Gasteiger partial charge in [0.15, 0.2) is 0 Å². The molecule has 0 fully saturated rings. The van der Waals surface area contributed by atoms with Crippen LogP contribution in [0.15, 0.2) is 24.3 Å². The van der Waals surface area contributed by atoms with Crippen LogP contribution in [0.3, 0.4) is 0 Å². The summed E-state index contributed by atoms with van der Waals surface area (Å²) in [7, 11) is 0. The van der Waals surface area contributed by atoms with E-state index in [1.807, 2.05) is 0 Å². The molecule has 5 heteroatoms. The van der Waals surface area contributed by atoms with Crippen molar-refractivity contribution >= 4 is 17.3 Å². The third-order valence-corrected chi connectivity index (χ3v) is 2.31. The molecule has 0 saturated heterocycles. The van der Waals surface area contributed by atoms with Gasteiger partial charge in [0.2, 0.25) is 5.91 Å². The molecule has 1 aromatic rings. The van der Waals surface area contributed by atoms with Crippen molar-refractivity contribution in [3.05, 3.63) is 34.4 Å². The lowest BCUT2D eigenvalue weighted by Crippen LogP contribution is -2.12. The number of nitrogens with zero attached hydrogens (tertiary/aromatic N) is 1. The molecule has 0 aliphatic carbocycles. The van der Waals surface area contributed by atoms with Crippen LogP contribution >= 0.6 is 0 Å². The van der Waals surface area contributed by atoms with E-state index in [4.69, 9.17) is 0 Å². The Balaban J connectivity index is 2.51. The Kier molecular flexibility index (Phi) is 4.63. The fourth-order valence-electron chi connectivity index (χ4n) is 1.31. The van der Waals surface area contributed by atoms with Crippen LogP contribution in [-0.4, -0.2) is 10.8 Å². The fraction of sp³-hybridized carbons (Fsp3) is 0.417. The van der Waals surface area contributed by atoms with E-state index in [1.165, 1.54) is 24.3 Å². The van der Waals surface area contributed by atoms with E-state index in [9.17, 15) is 14.9 Å². The zero-order valence-electron chi connectivity index (χ0n) is 9.97. The average Bonchev–Trinajstić information content (AvgIpc) is 2.27. The summed E-state index contributed by atoms with van der Waals surface area (Å²) in [6, 6.07) is 5.81. The molecule has 1 amide bonds. The van der Waals surface area contributed by atoms with Gasteiger partial charge in [-0.15, -0.1) is 0 Å². The number of rotatable bonds is 5. The minimum atomic E-state index is -0.468. The summed E-state index contributed by atoms with van der Waals surface area (Å²) in [5, 5.41) is 13.1. The molecule has 5 nitrogen and oxygen atoms in total. The summed E-state index contributed by atoms with van der Waals surface area (Å²) in [6.45, 7) is 4.11. The van der Waals surface area contributed by atoms with Gasteiger partial charge >= 0.3 is 0 Å². The van der Waals surface area contributed by atoms with E-state index in [0.717, 1.165) is 6.42 Å². The third-order valence-electron chi connectivity index (χ3n) is 2.31. The van der Waals surface area contributed by atoms with Gasteiger partial charge in [0, 0.05) is 24.2 Å². The Bertz CT molecular complexity index is 399. The van der Waals surface area contributed by atoms with Crippen LogP contribution in [0.2, 0.25) is 0 Å². The second-order valence-electron chi connectivity index (χ2n) is 4.28. The zero-order valence-corrected chi connectivity index (χ0v) is 9.97. The van der Waals surface area contributed by atoms with Crippen LogP contribution in [0.5, 0.6) is 0 Å². The summed E-state index contributed by atoms with van der Waals surface area (Å²) in [5.41, 5.74) is 0.606. The number of hydrogen-bond donors (Lipinski definition) is 1. The van der Waals surface area contributed by atoms with Gasteiger partial charge in [-0.3, -0.25) is 14.9 Å². The van der Waals surface area contributed by atoms with Gasteiger partial charge in [0.25, 0.3) is 5.69 Å². The molecule has 0 spiro atoms. The molecule has 0 bridgehead atoms. The molecule has 17 heavy (non-hydrogen) atoms. The Morgan fingerprint density at radius 2 is 1.94 bits per heavy atom. The van der Waals surface area contributed by atoms with Crippen molar-refractivity contribution in [2.24, 2.45) is 5.92 Å². The summed E-state index contributed by atoms with van der Waals surface area (Å²) < 4.78 is 0. The Morgan fingerprint density at radius 3 is 2.41 bits per heavy atom. The first kappa shape index (κ1) is 13.2. The van der Waals surface area contributed by atoms with Crippen LogP contribution in [0.25, 0.3) is 0 Å². The highest BCUT2D eigenvalue weighted by Gasteiger charge is 2.06. The predicted molar refractivity (Wildman–Crippen MR) is 65.8 cm³/mol. The van der Waals surface area contributed by atoms with Crippen molar-refractivity contribution in [3.8, 4) is 0 Å². The summed E-state index contributed by atoms with van der Waals surface area (Å²) >= 11 is 0. The number of amides is 1. The highest BCUT2D eigenvalue weighted by atomic mass is 16.6. The molecule has 0 heterocycles. The third kappa shape index (κ3) is 4.63. The van der Waals surface area contributed by atoms with Crippen molar-refractivity contribution in [2.75, 3.05) is 5.32 Å². The second kappa shape index (κ2) is 5.98. The highest BCUT2D eigenvalue weighted by molar-refractivity contribution is 5.90. The first-order valence-electron chi connectivity index (χ1n) is 5.53. The van der Waals surface area contributed by atoms with Gasteiger partial charge in [-0.05, 0) is 24.5 Å². The van der Waals surface area contributed by atoms with Crippen molar-refractivity contribution in [2.45, 2.75) is 26.7 Å². The average molecular weight is 236 g/mol. The van der Waals surface area contributed by atoms with Crippen molar-refractivity contribution in [1.29, 1.82) is 0 Å². The molecule has 0 aliphatic heterocycles. The molecule has 1 rings (SSSR count). The first-order valence-corrected chi connectivity index (χ1v) is 5.53. The molecule has 0 radical (unpaired) electrons. The minimum Gasteiger partial charge on any atom is -0.326 e. The van der Waals surface area contributed by atoms with Gasteiger partial charge in [0.1, 0.15) is 0 Å². The van der Waals surface area contributed by atoms with Gasteiger partial charge in [0.05, 0.1) is 4.92 Å². The molecule has 92 valence electrons. The van der Waals surface area contributed by atoms with E-state index >= 15 is 0 Å². The lowest BCUT2D eigenvalue weighted by Gasteiger charge is -2.06. The number of benzene rings is 1. The molecule has 0 atom stereocenters. The maximum Gasteiger partial charge on any atom is 0.269 e. The molecular weight excluding hydrogens is 220 g/mol. The van der Waals surface area contributed by atoms with Gasteiger partial charge in [-0.1, -0.05) is 13.8 Å².